The Bertz CT molecular complexity index is 410. The van der Waals surface area contributed by atoms with E-state index in [2.05, 4.69) is 25.9 Å². The summed E-state index contributed by atoms with van der Waals surface area (Å²) in [6, 6.07) is 0. The third kappa shape index (κ3) is 2.74. The second-order valence-electron chi connectivity index (χ2n) is 6.43. The van der Waals surface area contributed by atoms with Gasteiger partial charge < -0.3 is 5.73 Å². The van der Waals surface area contributed by atoms with Crippen molar-refractivity contribution in [3.8, 4) is 0 Å². The Morgan fingerprint density at radius 1 is 1.50 bits per heavy atom. The van der Waals surface area contributed by atoms with Crippen LogP contribution in [0.5, 0.6) is 0 Å². The van der Waals surface area contributed by atoms with E-state index in [4.69, 9.17) is 10.7 Å². The standard InChI is InChI=1S/C14H26N4/c1-10(2)8-12-16-13(18(4)17-12)14(15)7-5-6-11(3)9-14/h10-11H,5-9,15H2,1-4H3. The zero-order valence-corrected chi connectivity index (χ0v) is 12.1. The van der Waals surface area contributed by atoms with Crippen LogP contribution in [0.25, 0.3) is 0 Å². The van der Waals surface area contributed by atoms with Crippen LogP contribution in [-0.2, 0) is 19.0 Å². The second-order valence-corrected chi connectivity index (χ2v) is 6.43. The van der Waals surface area contributed by atoms with Crippen LogP contribution in [0.1, 0.15) is 58.1 Å². The topological polar surface area (TPSA) is 56.7 Å². The molecule has 0 saturated heterocycles. The van der Waals surface area contributed by atoms with Gasteiger partial charge in [-0.15, -0.1) is 0 Å². The summed E-state index contributed by atoms with van der Waals surface area (Å²) >= 11 is 0. The SMILES string of the molecule is CC(C)Cc1nc(C2(N)CCCC(C)C2)n(C)n1. The lowest BCUT2D eigenvalue weighted by Gasteiger charge is -2.35. The molecule has 1 aromatic rings. The van der Waals surface area contributed by atoms with Crippen molar-refractivity contribution in [3.05, 3.63) is 11.6 Å². The largest absolute Gasteiger partial charge is 0.319 e. The van der Waals surface area contributed by atoms with Crippen LogP contribution in [0.2, 0.25) is 0 Å². The van der Waals surface area contributed by atoms with Crippen LogP contribution >= 0.6 is 0 Å². The van der Waals surface area contributed by atoms with Crippen molar-refractivity contribution in [1.29, 1.82) is 0 Å². The number of aromatic nitrogens is 3. The molecule has 4 heteroatoms. The lowest BCUT2D eigenvalue weighted by atomic mass is 9.76. The molecule has 1 heterocycles. The van der Waals surface area contributed by atoms with Gasteiger partial charge in [0.1, 0.15) is 5.82 Å². The highest BCUT2D eigenvalue weighted by atomic mass is 15.3. The number of hydrogen-bond donors (Lipinski definition) is 1. The van der Waals surface area contributed by atoms with E-state index in [1.54, 1.807) is 0 Å². The molecule has 18 heavy (non-hydrogen) atoms. The number of aryl methyl sites for hydroxylation is 1. The predicted molar refractivity (Wildman–Crippen MR) is 73.0 cm³/mol. The van der Waals surface area contributed by atoms with E-state index < -0.39 is 0 Å². The predicted octanol–water partition coefficient (Wildman–Crippen LogP) is 2.38. The summed E-state index contributed by atoms with van der Waals surface area (Å²) in [7, 11) is 1.97. The zero-order chi connectivity index (χ0) is 13.3. The van der Waals surface area contributed by atoms with Gasteiger partial charge in [0, 0.05) is 13.5 Å². The summed E-state index contributed by atoms with van der Waals surface area (Å²) in [5.74, 6) is 3.18. The van der Waals surface area contributed by atoms with Gasteiger partial charge in [0.15, 0.2) is 5.82 Å². The van der Waals surface area contributed by atoms with Gasteiger partial charge in [-0.25, -0.2) is 4.98 Å². The zero-order valence-electron chi connectivity index (χ0n) is 12.1. The molecule has 0 spiro atoms. The molecular weight excluding hydrogens is 224 g/mol. The minimum absolute atomic E-state index is 0.269. The fraction of sp³-hybridized carbons (Fsp3) is 0.857. The average molecular weight is 250 g/mol. The third-order valence-corrected chi connectivity index (χ3v) is 3.88. The highest BCUT2D eigenvalue weighted by molar-refractivity contribution is 5.09. The van der Waals surface area contributed by atoms with Crippen LogP contribution in [-0.4, -0.2) is 14.8 Å². The first kappa shape index (κ1) is 13.5. The van der Waals surface area contributed by atoms with E-state index in [0.717, 1.165) is 30.9 Å². The van der Waals surface area contributed by atoms with E-state index in [9.17, 15) is 0 Å². The van der Waals surface area contributed by atoms with Gasteiger partial charge in [0.2, 0.25) is 0 Å². The fourth-order valence-electron chi connectivity index (χ4n) is 3.12. The summed E-state index contributed by atoms with van der Waals surface area (Å²) in [6.07, 6.45) is 5.48. The molecule has 2 N–H and O–H groups in total. The Morgan fingerprint density at radius 2 is 2.22 bits per heavy atom. The Morgan fingerprint density at radius 3 is 2.83 bits per heavy atom. The highest BCUT2D eigenvalue weighted by Crippen LogP contribution is 2.36. The van der Waals surface area contributed by atoms with Crippen LogP contribution < -0.4 is 5.73 Å². The van der Waals surface area contributed by atoms with Crippen LogP contribution in [0.15, 0.2) is 0 Å². The summed E-state index contributed by atoms with van der Waals surface area (Å²) in [6.45, 7) is 6.67. The van der Waals surface area contributed by atoms with Crippen molar-refractivity contribution in [3.63, 3.8) is 0 Å². The number of nitrogens with zero attached hydrogens (tertiary/aromatic N) is 3. The smallest absolute Gasteiger partial charge is 0.151 e. The molecule has 1 aliphatic carbocycles. The molecule has 2 unspecified atom stereocenters. The molecule has 1 saturated carbocycles. The van der Waals surface area contributed by atoms with Crippen LogP contribution in [0, 0.1) is 11.8 Å². The van der Waals surface area contributed by atoms with Crippen molar-refractivity contribution in [2.75, 3.05) is 0 Å². The minimum atomic E-state index is -0.269. The summed E-state index contributed by atoms with van der Waals surface area (Å²) in [5.41, 5.74) is 6.32. The molecule has 102 valence electrons. The number of nitrogens with two attached hydrogens (primary N) is 1. The summed E-state index contributed by atoms with van der Waals surface area (Å²) < 4.78 is 1.90. The first-order valence-corrected chi connectivity index (χ1v) is 7.10. The fourth-order valence-corrected chi connectivity index (χ4v) is 3.12. The van der Waals surface area contributed by atoms with E-state index >= 15 is 0 Å². The molecule has 0 aromatic carbocycles. The van der Waals surface area contributed by atoms with Crippen molar-refractivity contribution in [2.45, 2.75) is 58.4 Å². The summed E-state index contributed by atoms with van der Waals surface area (Å²) in [5, 5.41) is 4.52. The lowest BCUT2D eigenvalue weighted by molar-refractivity contribution is 0.222. The van der Waals surface area contributed by atoms with E-state index in [0.29, 0.717) is 11.8 Å². The maximum Gasteiger partial charge on any atom is 0.151 e. The minimum Gasteiger partial charge on any atom is -0.319 e. The molecule has 4 nitrogen and oxygen atoms in total. The normalized spacial score (nSPS) is 28.9. The molecule has 1 aliphatic rings. The molecule has 0 bridgehead atoms. The first-order valence-electron chi connectivity index (χ1n) is 7.10. The van der Waals surface area contributed by atoms with Crippen LogP contribution in [0.4, 0.5) is 0 Å². The van der Waals surface area contributed by atoms with Crippen LogP contribution in [0.3, 0.4) is 0 Å². The van der Waals surface area contributed by atoms with Gasteiger partial charge >= 0.3 is 0 Å². The number of hydrogen-bond acceptors (Lipinski definition) is 3. The Labute approximate surface area is 110 Å². The van der Waals surface area contributed by atoms with Gasteiger partial charge in [-0.05, 0) is 24.7 Å². The van der Waals surface area contributed by atoms with Crippen molar-refractivity contribution >= 4 is 0 Å². The summed E-state index contributed by atoms with van der Waals surface area (Å²) in [4.78, 5) is 4.71. The molecular formula is C14H26N4. The molecule has 0 radical (unpaired) electrons. The molecule has 0 aliphatic heterocycles. The third-order valence-electron chi connectivity index (χ3n) is 3.88. The molecule has 2 rings (SSSR count). The number of rotatable bonds is 3. The monoisotopic (exact) mass is 250 g/mol. The second kappa shape index (κ2) is 5.00. The highest BCUT2D eigenvalue weighted by Gasteiger charge is 2.36. The lowest BCUT2D eigenvalue weighted by Crippen LogP contribution is -2.43. The van der Waals surface area contributed by atoms with Gasteiger partial charge in [0.25, 0.3) is 0 Å². The molecule has 1 aromatic heterocycles. The Hall–Kier alpha value is -0.900. The maximum absolute atomic E-state index is 6.59. The van der Waals surface area contributed by atoms with Crippen molar-refractivity contribution in [1.82, 2.24) is 14.8 Å². The van der Waals surface area contributed by atoms with E-state index in [1.165, 1.54) is 12.8 Å². The van der Waals surface area contributed by atoms with E-state index in [-0.39, 0.29) is 5.54 Å². The molecule has 0 amide bonds. The Kier molecular flexibility index (Phi) is 3.76. The first-order chi connectivity index (χ1) is 8.40. The van der Waals surface area contributed by atoms with Gasteiger partial charge in [0.05, 0.1) is 5.54 Å². The quantitative estimate of drug-likeness (QED) is 0.896. The Balaban J connectivity index is 2.24. The van der Waals surface area contributed by atoms with E-state index in [1.807, 2.05) is 11.7 Å². The van der Waals surface area contributed by atoms with Gasteiger partial charge in [-0.2, -0.15) is 5.10 Å². The average Bonchev–Trinajstić information content (AvgIpc) is 2.58. The van der Waals surface area contributed by atoms with Gasteiger partial charge in [-0.3, -0.25) is 4.68 Å². The molecule has 1 fully saturated rings. The van der Waals surface area contributed by atoms with Crippen molar-refractivity contribution in [2.24, 2.45) is 24.6 Å². The maximum atomic E-state index is 6.59. The molecule has 2 atom stereocenters. The van der Waals surface area contributed by atoms with Crippen molar-refractivity contribution < 1.29 is 0 Å². The van der Waals surface area contributed by atoms with Gasteiger partial charge in [-0.1, -0.05) is 33.6 Å².